The van der Waals surface area contributed by atoms with E-state index in [0.29, 0.717) is 12.0 Å². The van der Waals surface area contributed by atoms with Gasteiger partial charge in [-0.25, -0.2) is 4.79 Å². The molecule has 0 aromatic heterocycles. The summed E-state index contributed by atoms with van der Waals surface area (Å²) in [6.45, 7) is 7.96. The number of nitrogens with one attached hydrogen (secondary N) is 2. The molecule has 6 nitrogen and oxygen atoms in total. The summed E-state index contributed by atoms with van der Waals surface area (Å²) in [6, 6.07) is 0.618. The Hall–Kier alpha value is -0.850. The van der Waals surface area contributed by atoms with Crippen molar-refractivity contribution in [1.82, 2.24) is 10.6 Å². The van der Waals surface area contributed by atoms with E-state index in [-0.39, 0.29) is 24.3 Å². The quantitative estimate of drug-likeness (QED) is 0.815. The molecule has 1 saturated carbocycles. The van der Waals surface area contributed by atoms with Gasteiger partial charge in [0.25, 0.3) is 0 Å². The van der Waals surface area contributed by atoms with Gasteiger partial charge in [0.15, 0.2) is 0 Å². The molecule has 3 rings (SSSR count). The van der Waals surface area contributed by atoms with Gasteiger partial charge in [-0.05, 0) is 33.6 Å². The van der Waals surface area contributed by atoms with E-state index in [2.05, 4.69) is 10.6 Å². The summed E-state index contributed by atoms with van der Waals surface area (Å²) in [5, 5.41) is 6.61. The number of carbonyl (C=O) groups is 1. The van der Waals surface area contributed by atoms with Gasteiger partial charge in [-0.2, -0.15) is 0 Å². The Kier molecular flexibility index (Phi) is 4.12. The van der Waals surface area contributed by atoms with Crippen molar-refractivity contribution in [3.8, 4) is 0 Å². The summed E-state index contributed by atoms with van der Waals surface area (Å²) in [6.07, 6.45) is 1.90. The van der Waals surface area contributed by atoms with Gasteiger partial charge in [-0.1, -0.05) is 0 Å². The van der Waals surface area contributed by atoms with Crippen LogP contribution in [-0.4, -0.2) is 55.7 Å². The van der Waals surface area contributed by atoms with Crippen LogP contribution in [0.25, 0.3) is 0 Å². The molecule has 3 aliphatic rings. The van der Waals surface area contributed by atoms with Crippen LogP contribution in [0.15, 0.2) is 0 Å². The molecule has 0 bridgehead atoms. The van der Waals surface area contributed by atoms with Gasteiger partial charge in [0.2, 0.25) is 0 Å². The fraction of sp³-hybridized carbons (Fsp3) is 0.933. The minimum atomic E-state index is -0.471. The van der Waals surface area contributed by atoms with Gasteiger partial charge < -0.3 is 24.8 Å². The standard InChI is InChI=1S/C15H26N2O4/c1-15(2,3)21-14(18)17-11-10-5-7-20-13(10)12(11)16-9-4-6-19-8-9/h9-13,16H,4-8H2,1-3H3,(H,17,18). The highest BCUT2D eigenvalue weighted by Gasteiger charge is 2.55. The number of alkyl carbamates (subject to hydrolysis) is 1. The van der Waals surface area contributed by atoms with Crippen molar-refractivity contribution < 1.29 is 19.0 Å². The van der Waals surface area contributed by atoms with E-state index in [9.17, 15) is 4.79 Å². The highest BCUT2D eigenvalue weighted by atomic mass is 16.6. The predicted molar refractivity (Wildman–Crippen MR) is 77.2 cm³/mol. The Bertz CT molecular complexity index is 390. The van der Waals surface area contributed by atoms with E-state index >= 15 is 0 Å². The number of rotatable bonds is 3. The summed E-state index contributed by atoms with van der Waals surface area (Å²) in [4.78, 5) is 12.0. The van der Waals surface area contributed by atoms with Crippen LogP contribution < -0.4 is 10.6 Å². The third-order valence-corrected chi connectivity index (χ3v) is 4.43. The second-order valence-corrected chi connectivity index (χ2v) is 7.21. The maximum absolute atomic E-state index is 12.0. The number of fused-ring (bicyclic) bond motifs is 1. The largest absolute Gasteiger partial charge is 0.444 e. The highest BCUT2D eigenvalue weighted by Crippen LogP contribution is 2.39. The molecule has 0 aromatic rings. The van der Waals surface area contributed by atoms with Crippen molar-refractivity contribution in [2.24, 2.45) is 5.92 Å². The Morgan fingerprint density at radius 1 is 1.19 bits per heavy atom. The molecule has 6 heteroatoms. The molecule has 2 saturated heterocycles. The second kappa shape index (κ2) is 5.74. The molecule has 0 aromatic carbocycles. The molecule has 1 aliphatic carbocycles. The first-order valence-corrected chi connectivity index (χ1v) is 7.89. The third kappa shape index (κ3) is 3.33. The zero-order valence-electron chi connectivity index (χ0n) is 13.1. The molecule has 3 fully saturated rings. The molecule has 2 heterocycles. The van der Waals surface area contributed by atoms with Crippen LogP contribution in [0.2, 0.25) is 0 Å². The molecule has 21 heavy (non-hydrogen) atoms. The van der Waals surface area contributed by atoms with Gasteiger partial charge in [-0.3, -0.25) is 0 Å². The minimum absolute atomic E-state index is 0.0907. The molecule has 0 spiro atoms. The van der Waals surface area contributed by atoms with E-state index < -0.39 is 5.60 Å². The van der Waals surface area contributed by atoms with Gasteiger partial charge in [0, 0.05) is 25.2 Å². The molecule has 120 valence electrons. The molecule has 2 aliphatic heterocycles. The average Bonchev–Trinajstić information content (AvgIpc) is 3.01. The Morgan fingerprint density at radius 3 is 2.67 bits per heavy atom. The smallest absolute Gasteiger partial charge is 0.407 e. The van der Waals surface area contributed by atoms with Crippen LogP contribution in [-0.2, 0) is 14.2 Å². The van der Waals surface area contributed by atoms with E-state index in [1.807, 2.05) is 20.8 Å². The van der Waals surface area contributed by atoms with E-state index in [4.69, 9.17) is 14.2 Å². The van der Waals surface area contributed by atoms with Crippen LogP contribution in [0.1, 0.15) is 33.6 Å². The van der Waals surface area contributed by atoms with Crippen LogP contribution in [0.4, 0.5) is 4.79 Å². The maximum atomic E-state index is 12.0. The normalized spacial score (nSPS) is 38.7. The van der Waals surface area contributed by atoms with Crippen molar-refractivity contribution in [3.05, 3.63) is 0 Å². The molecule has 1 amide bonds. The lowest BCUT2D eigenvalue weighted by Crippen LogP contribution is -2.71. The van der Waals surface area contributed by atoms with Crippen LogP contribution in [0.5, 0.6) is 0 Å². The summed E-state index contributed by atoms with van der Waals surface area (Å²) in [7, 11) is 0. The van der Waals surface area contributed by atoms with Crippen molar-refractivity contribution in [2.45, 2.75) is 63.4 Å². The zero-order valence-corrected chi connectivity index (χ0v) is 13.1. The Balaban J connectivity index is 1.57. The summed E-state index contributed by atoms with van der Waals surface area (Å²) >= 11 is 0. The van der Waals surface area contributed by atoms with Crippen LogP contribution >= 0.6 is 0 Å². The molecular weight excluding hydrogens is 272 g/mol. The van der Waals surface area contributed by atoms with Gasteiger partial charge >= 0.3 is 6.09 Å². The van der Waals surface area contributed by atoms with Crippen LogP contribution in [0, 0.1) is 5.92 Å². The van der Waals surface area contributed by atoms with Crippen molar-refractivity contribution in [3.63, 3.8) is 0 Å². The lowest BCUT2D eigenvalue weighted by molar-refractivity contribution is -0.0378. The minimum Gasteiger partial charge on any atom is -0.444 e. The Morgan fingerprint density at radius 2 is 2.00 bits per heavy atom. The third-order valence-electron chi connectivity index (χ3n) is 4.43. The van der Waals surface area contributed by atoms with E-state index in [0.717, 1.165) is 32.7 Å². The molecule has 5 unspecified atom stereocenters. The first-order valence-electron chi connectivity index (χ1n) is 7.89. The molecule has 5 atom stereocenters. The number of ether oxygens (including phenoxy) is 3. The van der Waals surface area contributed by atoms with Gasteiger partial charge in [0.05, 0.1) is 24.8 Å². The number of carbonyl (C=O) groups excluding carboxylic acids is 1. The fourth-order valence-electron chi connectivity index (χ4n) is 3.48. The second-order valence-electron chi connectivity index (χ2n) is 7.21. The van der Waals surface area contributed by atoms with Crippen molar-refractivity contribution in [1.29, 1.82) is 0 Å². The summed E-state index contributed by atoms with van der Waals surface area (Å²) in [5.41, 5.74) is -0.471. The zero-order chi connectivity index (χ0) is 15.0. The fourth-order valence-corrected chi connectivity index (χ4v) is 3.48. The molecular formula is C15H26N2O4. The van der Waals surface area contributed by atoms with Gasteiger partial charge in [0.1, 0.15) is 5.60 Å². The van der Waals surface area contributed by atoms with E-state index in [1.54, 1.807) is 0 Å². The Labute approximate surface area is 125 Å². The van der Waals surface area contributed by atoms with Gasteiger partial charge in [-0.15, -0.1) is 0 Å². The molecule has 2 N–H and O–H groups in total. The lowest BCUT2D eigenvalue weighted by Gasteiger charge is -2.48. The van der Waals surface area contributed by atoms with E-state index in [1.165, 1.54) is 0 Å². The van der Waals surface area contributed by atoms with Crippen molar-refractivity contribution in [2.75, 3.05) is 19.8 Å². The summed E-state index contributed by atoms with van der Waals surface area (Å²) < 4.78 is 16.6. The number of hydrogen-bond acceptors (Lipinski definition) is 5. The average molecular weight is 298 g/mol. The first-order chi connectivity index (χ1) is 9.94. The molecule has 0 radical (unpaired) electrons. The highest BCUT2D eigenvalue weighted by molar-refractivity contribution is 5.68. The van der Waals surface area contributed by atoms with Crippen LogP contribution in [0.3, 0.4) is 0 Å². The monoisotopic (exact) mass is 298 g/mol. The topological polar surface area (TPSA) is 68.8 Å². The number of hydrogen-bond donors (Lipinski definition) is 2. The number of amides is 1. The first kappa shape index (κ1) is 15.1. The predicted octanol–water partition coefficient (Wildman–Crippen LogP) is 1.05. The van der Waals surface area contributed by atoms with Crippen molar-refractivity contribution >= 4 is 6.09 Å². The summed E-state index contributed by atoms with van der Waals surface area (Å²) in [5.74, 6) is 0.400. The maximum Gasteiger partial charge on any atom is 0.407 e. The SMILES string of the molecule is CC(C)(C)OC(=O)NC1C2CCOC2C1NC1CCOC1. The lowest BCUT2D eigenvalue weighted by atomic mass is 9.71.